The minimum Gasteiger partial charge on any atom is -0.411 e. The molecule has 0 saturated heterocycles. The van der Waals surface area contributed by atoms with E-state index in [2.05, 4.69) is 15.0 Å². The molecule has 0 saturated carbocycles. The van der Waals surface area contributed by atoms with Crippen LogP contribution in [-0.2, 0) is 6.54 Å². The Morgan fingerprint density at radius 3 is 2.95 bits per heavy atom. The van der Waals surface area contributed by atoms with Crippen molar-refractivity contribution in [2.24, 2.45) is 5.16 Å². The van der Waals surface area contributed by atoms with Crippen molar-refractivity contribution in [1.82, 2.24) is 4.98 Å². The van der Waals surface area contributed by atoms with Crippen LogP contribution in [0.1, 0.15) is 17.5 Å². The van der Waals surface area contributed by atoms with Crippen LogP contribution in [0, 0.1) is 5.82 Å². The van der Waals surface area contributed by atoms with Crippen molar-refractivity contribution in [3.8, 4) is 0 Å². The van der Waals surface area contributed by atoms with Gasteiger partial charge in [0.25, 0.3) is 0 Å². The Morgan fingerprint density at radius 2 is 2.15 bits per heavy atom. The van der Waals surface area contributed by atoms with Crippen molar-refractivity contribution in [2.75, 3.05) is 11.4 Å². The van der Waals surface area contributed by atoms with E-state index in [9.17, 15) is 4.39 Å². The standard InChI is InChI=1S/C15H14FN3O/c16-12-7-11(8-17-9-12)10-19-6-5-14(18-20)13-3-1-2-4-15(13)19/h1-4,7-9,20H,5-6,10H2/b18-14-. The first-order valence-electron chi connectivity index (χ1n) is 6.42. The van der Waals surface area contributed by atoms with Crippen LogP contribution in [0.3, 0.4) is 0 Å². The molecule has 1 aromatic carbocycles. The van der Waals surface area contributed by atoms with Gasteiger partial charge in [-0.2, -0.15) is 0 Å². The van der Waals surface area contributed by atoms with Crippen LogP contribution in [0.5, 0.6) is 0 Å². The van der Waals surface area contributed by atoms with Gasteiger partial charge in [-0.3, -0.25) is 4.98 Å². The van der Waals surface area contributed by atoms with E-state index >= 15 is 0 Å². The molecule has 102 valence electrons. The first-order valence-corrected chi connectivity index (χ1v) is 6.42. The summed E-state index contributed by atoms with van der Waals surface area (Å²) in [5, 5.41) is 12.4. The van der Waals surface area contributed by atoms with Crippen LogP contribution in [-0.4, -0.2) is 22.4 Å². The minimum atomic E-state index is -0.328. The third-order valence-corrected chi connectivity index (χ3v) is 3.43. The van der Waals surface area contributed by atoms with Crippen LogP contribution in [0.4, 0.5) is 10.1 Å². The first-order chi connectivity index (χ1) is 9.78. The van der Waals surface area contributed by atoms with E-state index in [1.165, 1.54) is 12.3 Å². The van der Waals surface area contributed by atoms with E-state index in [0.717, 1.165) is 23.4 Å². The molecule has 1 N–H and O–H groups in total. The number of aromatic nitrogens is 1. The van der Waals surface area contributed by atoms with Crippen LogP contribution < -0.4 is 4.90 Å². The number of halogens is 1. The second-order valence-corrected chi connectivity index (χ2v) is 4.75. The number of anilines is 1. The number of fused-ring (bicyclic) bond motifs is 1. The number of nitrogens with zero attached hydrogens (tertiary/aromatic N) is 3. The topological polar surface area (TPSA) is 48.7 Å². The van der Waals surface area contributed by atoms with Crippen LogP contribution >= 0.6 is 0 Å². The molecule has 2 heterocycles. The van der Waals surface area contributed by atoms with E-state index in [1.54, 1.807) is 6.20 Å². The zero-order chi connectivity index (χ0) is 13.9. The van der Waals surface area contributed by atoms with Gasteiger partial charge in [-0.25, -0.2) is 4.39 Å². The van der Waals surface area contributed by atoms with E-state index in [1.807, 2.05) is 24.3 Å². The zero-order valence-corrected chi connectivity index (χ0v) is 10.8. The Labute approximate surface area is 116 Å². The molecule has 0 fully saturated rings. The molecule has 4 nitrogen and oxygen atoms in total. The van der Waals surface area contributed by atoms with Gasteiger partial charge < -0.3 is 10.1 Å². The van der Waals surface area contributed by atoms with Gasteiger partial charge in [-0.15, -0.1) is 0 Å². The summed E-state index contributed by atoms with van der Waals surface area (Å²) in [5.74, 6) is -0.328. The number of oxime groups is 1. The second kappa shape index (κ2) is 5.28. The number of rotatable bonds is 2. The fourth-order valence-electron chi connectivity index (χ4n) is 2.52. The highest BCUT2D eigenvalue weighted by Gasteiger charge is 2.21. The SMILES string of the molecule is O/N=C1/CCN(Cc2cncc(F)c2)c2ccccc21. The molecular formula is C15H14FN3O. The Morgan fingerprint density at radius 1 is 1.30 bits per heavy atom. The lowest BCUT2D eigenvalue weighted by atomic mass is 9.99. The average Bonchev–Trinajstić information content (AvgIpc) is 2.48. The highest BCUT2D eigenvalue weighted by atomic mass is 19.1. The molecule has 20 heavy (non-hydrogen) atoms. The van der Waals surface area contributed by atoms with Crippen molar-refractivity contribution < 1.29 is 9.60 Å². The fraction of sp³-hybridized carbons (Fsp3) is 0.200. The molecule has 0 spiro atoms. The molecule has 0 radical (unpaired) electrons. The molecule has 5 heteroatoms. The Balaban J connectivity index is 1.92. The van der Waals surface area contributed by atoms with Gasteiger partial charge in [0.2, 0.25) is 0 Å². The van der Waals surface area contributed by atoms with Gasteiger partial charge in [-0.1, -0.05) is 23.4 Å². The quantitative estimate of drug-likeness (QED) is 0.675. The lowest BCUT2D eigenvalue weighted by Gasteiger charge is -2.31. The maximum Gasteiger partial charge on any atom is 0.141 e. The molecule has 3 rings (SSSR count). The predicted octanol–water partition coefficient (Wildman–Crippen LogP) is 2.81. The second-order valence-electron chi connectivity index (χ2n) is 4.75. The first kappa shape index (κ1) is 12.6. The van der Waals surface area contributed by atoms with E-state index < -0.39 is 0 Å². The van der Waals surface area contributed by atoms with Crippen LogP contribution in [0.25, 0.3) is 0 Å². The molecule has 0 aliphatic carbocycles. The van der Waals surface area contributed by atoms with Gasteiger partial charge in [0.15, 0.2) is 0 Å². The number of para-hydroxylation sites is 1. The molecule has 0 amide bonds. The van der Waals surface area contributed by atoms with E-state index in [4.69, 9.17) is 5.21 Å². The molecule has 0 bridgehead atoms. The summed E-state index contributed by atoms with van der Waals surface area (Å²) in [6.07, 6.45) is 3.53. The van der Waals surface area contributed by atoms with Crippen LogP contribution in [0.2, 0.25) is 0 Å². The van der Waals surface area contributed by atoms with Crippen LogP contribution in [0.15, 0.2) is 47.9 Å². The van der Waals surface area contributed by atoms with E-state index in [0.29, 0.717) is 18.7 Å². The minimum absolute atomic E-state index is 0.328. The number of hydrogen-bond donors (Lipinski definition) is 1. The summed E-state index contributed by atoms with van der Waals surface area (Å²) in [6, 6.07) is 9.26. The summed E-state index contributed by atoms with van der Waals surface area (Å²) in [5.41, 5.74) is 3.43. The number of hydrogen-bond acceptors (Lipinski definition) is 4. The summed E-state index contributed by atoms with van der Waals surface area (Å²) >= 11 is 0. The largest absolute Gasteiger partial charge is 0.411 e. The predicted molar refractivity (Wildman–Crippen MR) is 74.6 cm³/mol. The maximum atomic E-state index is 13.2. The van der Waals surface area contributed by atoms with Crippen molar-refractivity contribution in [2.45, 2.75) is 13.0 Å². The van der Waals surface area contributed by atoms with E-state index in [-0.39, 0.29) is 5.82 Å². The third kappa shape index (κ3) is 2.34. The highest BCUT2D eigenvalue weighted by molar-refractivity contribution is 6.06. The van der Waals surface area contributed by atoms with Gasteiger partial charge in [0.1, 0.15) is 5.82 Å². The summed E-state index contributed by atoms with van der Waals surface area (Å²) < 4.78 is 13.2. The average molecular weight is 271 g/mol. The normalized spacial score (nSPS) is 16.2. The van der Waals surface area contributed by atoms with Gasteiger partial charge in [0, 0.05) is 37.0 Å². The maximum absolute atomic E-state index is 13.2. The Kier molecular flexibility index (Phi) is 3.33. The van der Waals surface area contributed by atoms with Crippen molar-refractivity contribution in [3.63, 3.8) is 0 Å². The van der Waals surface area contributed by atoms with Crippen molar-refractivity contribution >= 4 is 11.4 Å². The lowest BCUT2D eigenvalue weighted by Crippen LogP contribution is -2.32. The summed E-state index contributed by atoms with van der Waals surface area (Å²) in [6.45, 7) is 1.31. The molecule has 0 atom stereocenters. The number of benzene rings is 1. The smallest absolute Gasteiger partial charge is 0.141 e. The van der Waals surface area contributed by atoms with Gasteiger partial charge in [-0.05, 0) is 17.7 Å². The van der Waals surface area contributed by atoms with Crippen molar-refractivity contribution in [3.05, 3.63) is 59.7 Å². The third-order valence-electron chi connectivity index (χ3n) is 3.43. The zero-order valence-electron chi connectivity index (χ0n) is 10.8. The monoisotopic (exact) mass is 271 g/mol. The molecule has 1 aliphatic rings. The van der Waals surface area contributed by atoms with Crippen molar-refractivity contribution in [1.29, 1.82) is 0 Å². The molecule has 1 aromatic heterocycles. The van der Waals surface area contributed by atoms with Gasteiger partial charge >= 0.3 is 0 Å². The summed E-state index contributed by atoms with van der Waals surface area (Å²) in [4.78, 5) is 6.01. The number of pyridine rings is 1. The molecule has 2 aromatic rings. The molecule has 1 aliphatic heterocycles. The lowest BCUT2D eigenvalue weighted by molar-refractivity contribution is 0.317. The molecular weight excluding hydrogens is 257 g/mol. The van der Waals surface area contributed by atoms with Gasteiger partial charge in [0.05, 0.1) is 11.9 Å². The Hall–Kier alpha value is -2.43. The fourth-order valence-corrected chi connectivity index (χ4v) is 2.52. The summed E-state index contributed by atoms with van der Waals surface area (Å²) in [7, 11) is 0. The highest BCUT2D eigenvalue weighted by Crippen LogP contribution is 2.28. The Bertz CT molecular complexity index is 657. The molecule has 0 unspecified atom stereocenters.